The summed E-state index contributed by atoms with van der Waals surface area (Å²) in [5.41, 5.74) is -2.16. The molecule has 0 fully saturated rings. The normalized spacial score (nSPS) is 27.4. The molecule has 0 spiro atoms. The highest BCUT2D eigenvalue weighted by molar-refractivity contribution is 5.56. The fourth-order valence-electron chi connectivity index (χ4n) is 2.74. The molecule has 0 aliphatic heterocycles. The molecule has 18 heavy (non-hydrogen) atoms. The molecule has 0 aromatic heterocycles. The molecule has 0 aromatic rings. The Bertz CT molecular complexity index is 432. The highest BCUT2D eigenvalue weighted by Gasteiger charge is 2.58. The van der Waals surface area contributed by atoms with Gasteiger partial charge in [-0.2, -0.15) is 26.3 Å². The lowest BCUT2D eigenvalue weighted by atomic mass is 9.95. The zero-order chi connectivity index (χ0) is 13.9. The summed E-state index contributed by atoms with van der Waals surface area (Å²) < 4.78 is 76.9. The van der Waals surface area contributed by atoms with Gasteiger partial charge in [-0.05, 0) is 19.4 Å². The minimum Gasteiger partial charge on any atom is -0.166 e. The van der Waals surface area contributed by atoms with Crippen molar-refractivity contribution < 1.29 is 26.3 Å². The second-order valence-corrected chi connectivity index (χ2v) is 4.62. The van der Waals surface area contributed by atoms with Crippen molar-refractivity contribution >= 4 is 0 Å². The van der Waals surface area contributed by atoms with E-state index < -0.39 is 35.3 Å². The van der Waals surface area contributed by atoms with Crippen LogP contribution in [0, 0.1) is 11.8 Å². The summed E-state index contributed by atoms with van der Waals surface area (Å²) in [6.45, 7) is 3.07. The van der Waals surface area contributed by atoms with Gasteiger partial charge in [-0.25, -0.2) is 0 Å². The quantitative estimate of drug-likeness (QED) is 0.446. The van der Waals surface area contributed by atoms with Gasteiger partial charge in [0.05, 0.1) is 11.1 Å². The van der Waals surface area contributed by atoms with E-state index in [2.05, 4.69) is 0 Å². The molecule has 0 radical (unpaired) electrons. The Morgan fingerprint density at radius 3 is 1.39 bits per heavy atom. The lowest BCUT2D eigenvalue weighted by Gasteiger charge is -2.19. The Balaban J connectivity index is 2.65. The van der Waals surface area contributed by atoms with Gasteiger partial charge in [-0.1, -0.05) is 17.7 Å². The molecule has 2 atom stereocenters. The average molecular weight is 268 g/mol. The summed E-state index contributed by atoms with van der Waals surface area (Å²) in [6, 6.07) is 0. The third-order valence-corrected chi connectivity index (χ3v) is 3.27. The fourth-order valence-corrected chi connectivity index (χ4v) is 2.74. The largest absolute Gasteiger partial charge is 0.413 e. The highest BCUT2D eigenvalue weighted by atomic mass is 19.4. The summed E-state index contributed by atoms with van der Waals surface area (Å²) in [4.78, 5) is 0. The van der Waals surface area contributed by atoms with Crippen molar-refractivity contribution in [1.29, 1.82) is 0 Å². The number of rotatable bonds is 0. The van der Waals surface area contributed by atoms with Crippen molar-refractivity contribution in [2.24, 2.45) is 11.8 Å². The molecule has 6 heteroatoms. The zero-order valence-electron chi connectivity index (χ0n) is 9.58. The van der Waals surface area contributed by atoms with Crippen LogP contribution >= 0.6 is 0 Å². The van der Waals surface area contributed by atoms with Gasteiger partial charge in [-0.3, -0.25) is 0 Å². The SMILES string of the molecule is CC(C)=C1C2C=CC1C(C(F)(F)F)=C2C(F)(F)F. The molecule has 2 bridgehead atoms. The third kappa shape index (κ3) is 1.78. The van der Waals surface area contributed by atoms with Crippen LogP contribution in [0.5, 0.6) is 0 Å². The Morgan fingerprint density at radius 1 is 0.833 bits per heavy atom. The molecule has 0 N–H and O–H groups in total. The van der Waals surface area contributed by atoms with E-state index >= 15 is 0 Å². The highest BCUT2D eigenvalue weighted by Crippen LogP contribution is 2.58. The van der Waals surface area contributed by atoms with Crippen LogP contribution in [0.4, 0.5) is 26.3 Å². The van der Waals surface area contributed by atoms with Crippen molar-refractivity contribution in [1.82, 2.24) is 0 Å². The van der Waals surface area contributed by atoms with Gasteiger partial charge in [-0.15, -0.1) is 0 Å². The number of hydrogen-bond donors (Lipinski definition) is 0. The van der Waals surface area contributed by atoms with Crippen molar-refractivity contribution in [3.05, 3.63) is 34.4 Å². The molecule has 0 aromatic carbocycles. The Morgan fingerprint density at radius 2 is 1.17 bits per heavy atom. The van der Waals surface area contributed by atoms with Gasteiger partial charge in [0, 0.05) is 11.8 Å². The van der Waals surface area contributed by atoms with Crippen LogP contribution in [-0.4, -0.2) is 12.4 Å². The summed E-state index contributed by atoms with van der Waals surface area (Å²) >= 11 is 0. The first-order valence-electron chi connectivity index (χ1n) is 5.29. The predicted octanol–water partition coefficient (Wildman–Crippen LogP) is 4.56. The van der Waals surface area contributed by atoms with Gasteiger partial charge < -0.3 is 0 Å². The minimum absolute atomic E-state index is 0.217. The summed E-state index contributed by atoms with van der Waals surface area (Å²) in [6.07, 6.45) is -7.47. The lowest BCUT2D eigenvalue weighted by molar-refractivity contribution is -0.118. The predicted molar refractivity (Wildman–Crippen MR) is 53.6 cm³/mol. The first-order chi connectivity index (χ1) is 8.05. The summed E-state index contributed by atoms with van der Waals surface area (Å²) in [7, 11) is 0. The Kier molecular flexibility index (Phi) is 2.68. The van der Waals surface area contributed by atoms with Crippen LogP contribution in [0.25, 0.3) is 0 Å². The van der Waals surface area contributed by atoms with Crippen molar-refractivity contribution in [3.8, 4) is 0 Å². The second kappa shape index (κ2) is 3.65. The van der Waals surface area contributed by atoms with E-state index in [9.17, 15) is 26.3 Å². The number of fused-ring (bicyclic) bond motifs is 2. The number of hydrogen-bond acceptors (Lipinski definition) is 0. The molecule has 2 unspecified atom stereocenters. The number of alkyl halides is 6. The van der Waals surface area contributed by atoms with E-state index in [1.165, 1.54) is 26.0 Å². The number of allylic oxidation sites excluding steroid dienone is 6. The molecule has 0 nitrogen and oxygen atoms in total. The maximum atomic E-state index is 12.8. The first kappa shape index (κ1) is 13.2. The molecular weight excluding hydrogens is 258 g/mol. The molecule has 0 saturated heterocycles. The average Bonchev–Trinajstić information content (AvgIpc) is 2.68. The fraction of sp³-hybridized carbons (Fsp3) is 0.500. The van der Waals surface area contributed by atoms with E-state index in [-0.39, 0.29) is 5.57 Å². The van der Waals surface area contributed by atoms with Crippen LogP contribution < -0.4 is 0 Å². The Labute approximate surface area is 99.7 Å². The molecule has 0 heterocycles. The molecule has 0 saturated carbocycles. The van der Waals surface area contributed by atoms with Gasteiger partial charge in [0.25, 0.3) is 0 Å². The Hall–Kier alpha value is -1.20. The smallest absolute Gasteiger partial charge is 0.166 e. The van der Waals surface area contributed by atoms with Crippen molar-refractivity contribution in [3.63, 3.8) is 0 Å². The minimum atomic E-state index is -4.95. The van der Waals surface area contributed by atoms with E-state index in [1.807, 2.05) is 0 Å². The van der Waals surface area contributed by atoms with E-state index in [4.69, 9.17) is 0 Å². The van der Waals surface area contributed by atoms with Crippen LogP contribution in [0.2, 0.25) is 0 Å². The molecular formula is C12H10F6. The van der Waals surface area contributed by atoms with Crippen LogP contribution in [0.15, 0.2) is 34.4 Å². The standard InChI is InChI=1S/C12H10F6/c1-5(2)8-6-3-4-7(8)10(12(16,17)18)9(6)11(13,14)15/h3-4,6-7H,1-2H3. The van der Waals surface area contributed by atoms with E-state index in [1.54, 1.807) is 0 Å². The van der Waals surface area contributed by atoms with E-state index in [0.29, 0.717) is 5.57 Å². The van der Waals surface area contributed by atoms with Gasteiger partial charge in [0.2, 0.25) is 0 Å². The van der Waals surface area contributed by atoms with Gasteiger partial charge in [0.1, 0.15) is 0 Å². The summed E-state index contributed by atoms with van der Waals surface area (Å²) in [5, 5.41) is 0. The van der Waals surface area contributed by atoms with Crippen LogP contribution in [-0.2, 0) is 0 Å². The molecule has 100 valence electrons. The monoisotopic (exact) mass is 268 g/mol. The maximum absolute atomic E-state index is 12.8. The second-order valence-electron chi connectivity index (χ2n) is 4.62. The van der Waals surface area contributed by atoms with Crippen LogP contribution in [0.3, 0.4) is 0 Å². The van der Waals surface area contributed by atoms with Gasteiger partial charge >= 0.3 is 12.4 Å². The van der Waals surface area contributed by atoms with Crippen LogP contribution in [0.1, 0.15) is 13.8 Å². The molecule has 2 aliphatic rings. The molecule has 2 aliphatic carbocycles. The van der Waals surface area contributed by atoms with Gasteiger partial charge in [0.15, 0.2) is 0 Å². The van der Waals surface area contributed by atoms with E-state index in [0.717, 1.165) is 0 Å². The first-order valence-corrected chi connectivity index (χ1v) is 5.29. The van der Waals surface area contributed by atoms with Crippen molar-refractivity contribution in [2.45, 2.75) is 26.2 Å². The number of halogens is 6. The summed E-state index contributed by atoms with van der Waals surface area (Å²) in [5.74, 6) is -2.53. The zero-order valence-corrected chi connectivity index (χ0v) is 9.58. The lowest BCUT2D eigenvalue weighted by Crippen LogP contribution is -2.25. The molecule has 0 amide bonds. The van der Waals surface area contributed by atoms with Crippen molar-refractivity contribution in [2.75, 3.05) is 0 Å². The maximum Gasteiger partial charge on any atom is 0.413 e. The topological polar surface area (TPSA) is 0 Å². The third-order valence-electron chi connectivity index (χ3n) is 3.27. The molecule has 2 rings (SSSR count).